The van der Waals surface area contributed by atoms with Crippen LogP contribution in [-0.4, -0.2) is 87.2 Å². The summed E-state index contributed by atoms with van der Waals surface area (Å²) in [5, 5.41) is 10.9. The van der Waals surface area contributed by atoms with Crippen LogP contribution in [0, 0.1) is 6.92 Å². The van der Waals surface area contributed by atoms with Gasteiger partial charge in [0.2, 0.25) is 5.91 Å². The van der Waals surface area contributed by atoms with Gasteiger partial charge in [-0.15, -0.1) is 10.2 Å². The van der Waals surface area contributed by atoms with Crippen LogP contribution in [0.25, 0.3) is 0 Å². The van der Waals surface area contributed by atoms with E-state index in [2.05, 4.69) is 32.4 Å². The molecular weight excluding hydrogens is 322 g/mol. The molecule has 0 saturated carbocycles. The second-order valence-corrected chi connectivity index (χ2v) is 6.94. The molecule has 2 saturated heterocycles. The molecule has 1 aromatic rings. The Balaban J connectivity index is 1.41. The maximum absolute atomic E-state index is 11.6. The van der Waals surface area contributed by atoms with E-state index in [0.29, 0.717) is 12.6 Å². The number of aromatic nitrogens is 3. The molecule has 2 aliphatic rings. The SMILES string of the molecule is Cc1nnc(CN(C)[C@@H]2CCN(CCCN3C(=O)CNC3=O)C2)n1C. The normalized spacial score (nSPS) is 21.6. The Bertz CT molecular complexity index is 628. The number of aryl methyl sites for hydroxylation is 1. The monoisotopic (exact) mass is 349 g/mol. The Kier molecular flexibility index (Phi) is 5.33. The second kappa shape index (κ2) is 7.49. The molecule has 1 N–H and O–H groups in total. The van der Waals surface area contributed by atoms with Gasteiger partial charge >= 0.3 is 6.03 Å². The van der Waals surface area contributed by atoms with Crippen LogP contribution >= 0.6 is 0 Å². The van der Waals surface area contributed by atoms with E-state index in [9.17, 15) is 9.59 Å². The third-order valence-electron chi connectivity index (χ3n) is 5.24. The minimum absolute atomic E-state index is 0.122. The lowest BCUT2D eigenvalue weighted by atomic mass is 10.2. The van der Waals surface area contributed by atoms with Gasteiger partial charge in [0, 0.05) is 26.2 Å². The van der Waals surface area contributed by atoms with Crippen molar-refractivity contribution in [2.24, 2.45) is 7.05 Å². The fourth-order valence-electron chi connectivity index (χ4n) is 3.45. The molecule has 3 amide bonds. The summed E-state index contributed by atoms with van der Waals surface area (Å²) in [6, 6.07) is 0.233. The molecule has 1 atom stereocenters. The molecule has 2 fully saturated rings. The van der Waals surface area contributed by atoms with Crippen LogP contribution in [0.1, 0.15) is 24.5 Å². The smallest absolute Gasteiger partial charge is 0.324 e. The van der Waals surface area contributed by atoms with Gasteiger partial charge in [-0.2, -0.15) is 0 Å². The molecule has 3 heterocycles. The van der Waals surface area contributed by atoms with Gasteiger partial charge in [-0.1, -0.05) is 0 Å². The maximum Gasteiger partial charge on any atom is 0.324 e. The van der Waals surface area contributed by atoms with Crippen molar-refractivity contribution in [1.82, 2.24) is 34.8 Å². The fraction of sp³-hybridized carbons (Fsp3) is 0.750. The van der Waals surface area contributed by atoms with Crippen molar-refractivity contribution in [2.45, 2.75) is 32.4 Å². The van der Waals surface area contributed by atoms with Gasteiger partial charge in [-0.3, -0.25) is 14.6 Å². The van der Waals surface area contributed by atoms with Crippen LogP contribution < -0.4 is 5.32 Å². The number of urea groups is 1. The van der Waals surface area contributed by atoms with Crippen molar-refractivity contribution in [1.29, 1.82) is 0 Å². The molecule has 1 aromatic heterocycles. The number of hydrogen-bond donors (Lipinski definition) is 1. The van der Waals surface area contributed by atoms with Crippen molar-refractivity contribution in [3.8, 4) is 0 Å². The zero-order chi connectivity index (χ0) is 18.0. The summed E-state index contributed by atoms with van der Waals surface area (Å²) in [7, 11) is 4.13. The molecule has 3 rings (SSSR count). The standard InChI is InChI=1S/C16H27N7O2/c1-12-18-19-14(21(12)3)11-20(2)13-5-8-22(10-13)6-4-7-23-15(24)9-17-16(23)25/h13H,4-11H2,1-3H3,(H,17,25)/t13-/m1/s1. The van der Waals surface area contributed by atoms with Crippen molar-refractivity contribution in [2.75, 3.05) is 39.8 Å². The molecule has 0 aromatic carbocycles. The van der Waals surface area contributed by atoms with Gasteiger partial charge in [0.15, 0.2) is 0 Å². The van der Waals surface area contributed by atoms with Gasteiger partial charge < -0.3 is 14.8 Å². The lowest BCUT2D eigenvalue weighted by molar-refractivity contribution is -0.125. The van der Waals surface area contributed by atoms with E-state index < -0.39 is 0 Å². The number of imide groups is 1. The molecular formula is C16H27N7O2. The van der Waals surface area contributed by atoms with Crippen molar-refractivity contribution in [3.63, 3.8) is 0 Å². The highest BCUT2D eigenvalue weighted by Crippen LogP contribution is 2.17. The van der Waals surface area contributed by atoms with Gasteiger partial charge in [0.1, 0.15) is 11.6 Å². The highest BCUT2D eigenvalue weighted by atomic mass is 16.2. The summed E-state index contributed by atoms with van der Waals surface area (Å²) in [5.41, 5.74) is 0. The number of likely N-dealkylation sites (tertiary alicyclic amines) is 1. The first-order chi connectivity index (χ1) is 12.0. The van der Waals surface area contributed by atoms with Gasteiger partial charge in [0.05, 0.1) is 13.1 Å². The zero-order valence-corrected chi connectivity index (χ0v) is 15.2. The summed E-state index contributed by atoms with van der Waals surface area (Å²) < 4.78 is 2.03. The summed E-state index contributed by atoms with van der Waals surface area (Å²) in [4.78, 5) is 29.1. The molecule has 0 spiro atoms. The van der Waals surface area contributed by atoms with Crippen molar-refractivity contribution in [3.05, 3.63) is 11.6 Å². The Morgan fingerprint density at radius 1 is 1.28 bits per heavy atom. The predicted molar refractivity (Wildman–Crippen MR) is 91.8 cm³/mol. The van der Waals surface area contributed by atoms with Crippen LogP contribution in [-0.2, 0) is 18.4 Å². The number of amides is 3. The lowest BCUT2D eigenvalue weighted by Gasteiger charge is -2.24. The largest absolute Gasteiger partial charge is 0.329 e. The molecule has 0 radical (unpaired) electrons. The molecule has 9 heteroatoms. The molecule has 0 bridgehead atoms. The number of hydrogen-bond acceptors (Lipinski definition) is 6. The van der Waals surface area contributed by atoms with E-state index in [1.807, 2.05) is 18.5 Å². The summed E-state index contributed by atoms with van der Waals surface area (Å²) in [6.45, 7) is 6.35. The van der Waals surface area contributed by atoms with Crippen LogP contribution in [0.15, 0.2) is 0 Å². The summed E-state index contributed by atoms with van der Waals surface area (Å²) in [6.07, 6.45) is 1.94. The molecule has 138 valence electrons. The lowest BCUT2D eigenvalue weighted by Crippen LogP contribution is -2.36. The van der Waals surface area contributed by atoms with Crippen LogP contribution in [0.5, 0.6) is 0 Å². The number of carbonyl (C=O) groups is 2. The summed E-state index contributed by atoms with van der Waals surface area (Å²) >= 11 is 0. The molecule has 2 aliphatic heterocycles. The molecule has 9 nitrogen and oxygen atoms in total. The predicted octanol–water partition coefficient (Wildman–Crippen LogP) is -0.428. The van der Waals surface area contributed by atoms with E-state index in [-0.39, 0.29) is 18.5 Å². The number of nitrogens with zero attached hydrogens (tertiary/aromatic N) is 6. The Morgan fingerprint density at radius 3 is 2.72 bits per heavy atom. The van der Waals surface area contributed by atoms with E-state index >= 15 is 0 Å². The number of nitrogens with one attached hydrogen (secondary N) is 1. The second-order valence-electron chi connectivity index (χ2n) is 6.94. The first kappa shape index (κ1) is 17.8. The Hall–Kier alpha value is -2.00. The number of rotatable bonds is 7. The third kappa shape index (κ3) is 3.98. The number of likely N-dealkylation sites (N-methyl/N-ethyl adjacent to an activating group) is 1. The van der Waals surface area contributed by atoms with Crippen molar-refractivity contribution < 1.29 is 9.59 Å². The topological polar surface area (TPSA) is 86.6 Å². The van der Waals surface area contributed by atoms with Gasteiger partial charge in [0.25, 0.3) is 0 Å². The first-order valence-corrected chi connectivity index (χ1v) is 8.81. The minimum atomic E-state index is -0.261. The average molecular weight is 349 g/mol. The van der Waals surface area contributed by atoms with Gasteiger partial charge in [-0.25, -0.2) is 4.79 Å². The zero-order valence-electron chi connectivity index (χ0n) is 15.2. The maximum atomic E-state index is 11.6. The Labute approximate surface area is 148 Å². The summed E-state index contributed by atoms with van der Waals surface area (Å²) in [5.74, 6) is 1.79. The minimum Gasteiger partial charge on any atom is -0.329 e. The van der Waals surface area contributed by atoms with Crippen molar-refractivity contribution >= 4 is 11.9 Å². The van der Waals surface area contributed by atoms with E-state index in [4.69, 9.17) is 0 Å². The van der Waals surface area contributed by atoms with E-state index in [1.54, 1.807) is 0 Å². The Morgan fingerprint density at radius 2 is 2.08 bits per heavy atom. The van der Waals surface area contributed by atoms with Crippen LogP contribution in [0.3, 0.4) is 0 Å². The average Bonchev–Trinajstić information content (AvgIpc) is 3.26. The number of carbonyl (C=O) groups excluding carboxylic acids is 2. The van der Waals surface area contributed by atoms with Crippen LogP contribution in [0.4, 0.5) is 4.79 Å². The molecule has 0 unspecified atom stereocenters. The molecule has 0 aliphatic carbocycles. The first-order valence-electron chi connectivity index (χ1n) is 8.81. The molecule has 25 heavy (non-hydrogen) atoms. The highest BCUT2D eigenvalue weighted by Gasteiger charge is 2.29. The fourth-order valence-corrected chi connectivity index (χ4v) is 3.45. The van der Waals surface area contributed by atoms with Gasteiger partial charge in [-0.05, 0) is 39.9 Å². The third-order valence-corrected chi connectivity index (χ3v) is 5.24. The van der Waals surface area contributed by atoms with E-state index in [1.165, 1.54) is 4.90 Å². The quantitative estimate of drug-likeness (QED) is 0.673. The highest BCUT2D eigenvalue weighted by molar-refractivity contribution is 6.01. The van der Waals surface area contributed by atoms with E-state index in [0.717, 1.165) is 50.7 Å². The van der Waals surface area contributed by atoms with Crippen LogP contribution in [0.2, 0.25) is 0 Å².